The van der Waals surface area contributed by atoms with Gasteiger partial charge in [-0.2, -0.15) is 0 Å². The molecule has 0 aromatic rings. The van der Waals surface area contributed by atoms with Crippen LogP contribution in [0.1, 0.15) is 32.1 Å². The third kappa shape index (κ3) is 2.01. The molecule has 0 saturated heterocycles. The third-order valence-electron chi connectivity index (χ3n) is 3.82. The normalized spacial score (nSPS) is 34.4. The van der Waals surface area contributed by atoms with E-state index >= 15 is 0 Å². The van der Waals surface area contributed by atoms with E-state index in [2.05, 4.69) is 11.9 Å². The molecule has 3 rings (SSSR count). The Kier molecular flexibility index (Phi) is 2.85. The molecule has 94 valence electrons. The van der Waals surface area contributed by atoms with Crippen LogP contribution >= 0.6 is 0 Å². The summed E-state index contributed by atoms with van der Waals surface area (Å²) in [7, 11) is 0. The summed E-state index contributed by atoms with van der Waals surface area (Å²) in [6.07, 6.45) is 4.47. The van der Waals surface area contributed by atoms with Crippen LogP contribution in [-0.4, -0.2) is 29.3 Å². The monoisotopic (exact) mass is 239 g/mol. The summed E-state index contributed by atoms with van der Waals surface area (Å²) in [5.41, 5.74) is -0.959. The quantitative estimate of drug-likeness (QED) is 0.732. The molecule has 3 fully saturated rings. The van der Waals surface area contributed by atoms with Gasteiger partial charge in [0, 0.05) is 5.54 Å². The molecule has 0 unspecified atom stereocenters. The van der Waals surface area contributed by atoms with Crippen molar-refractivity contribution < 1.29 is 19.4 Å². The van der Waals surface area contributed by atoms with Crippen LogP contribution < -0.4 is 5.32 Å². The average Bonchev–Trinajstić information content (AvgIpc) is 2.25. The lowest BCUT2D eigenvalue weighted by Crippen LogP contribution is -2.66. The van der Waals surface area contributed by atoms with Crippen LogP contribution in [0.3, 0.4) is 0 Å². The highest BCUT2D eigenvalue weighted by Gasteiger charge is 2.62. The number of carboxylic acid groups (broad SMARTS) is 1. The topological polar surface area (TPSA) is 75.6 Å². The average molecular weight is 239 g/mol. The first-order valence-corrected chi connectivity index (χ1v) is 5.81. The fraction of sp³-hybridized carbons (Fsp3) is 0.667. The Hall–Kier alpha value is -1.52. The summed E-state index contributed by atoms with van der Waals surface area (Å²) in [4.78, 5) is 22.6. The van der Waals surface area contributed by atoms with E-state index in [1.807, 2.05) is 0 Å². The number of alkyl carbamates (subject to hydrolysis) is 1. The molecule has 5 heteroatoms. The molecule has 1 amide bonds. The second kappa shape index (κ2) is 4.05. The van der Waals surface area contributed by atoms with Gasteiger partial charge in [0.2, 0.25) is 0 Å². The highest BCUT2D eigenvalue weighted by atomic mass is 16.5. The van der Waals surface area contributed by atoms with E-state index in [4.69, 9.17) is 9.84 Å². The molecule has 17 heavy (non-hydrogen) atoms. The fourth-order valence-corrected chi connectivity index (χ4v) is 3.16. The maximum atomic E-state index is 11.4. The highest BCUT2D eigenvalue weighted by molar-refractivity contribution is 5.78. The smallest absolute Gasteiger partial charge is 0.407 e. The molecule has 0 aromatic carbocycles. The number of ether oxygens (including phenoxy) is 1. The number of hydrogen-bond acceptors (Lipinski definition) is 3. The Labute approximate surface area is 99.8 Å². The van der Waals surface area contributed by atoms with Crippen molar-refractivity contribution in [1.82, 2.24) is 5.32 Å². The number of carbonyl (C=O) groups is 2. The SMILES string of the molecule is C=CCOC(=O)NC12CCCC(C(=O)O)(C1)C2. The minimum absolute atomic E-state index is 0.173. The standard InChI is InChI=1S/C12H17NO4/c1-2-6-17-10(16)13-12-5-3-4-11(7-12,8-12)9(14)15/h2H,1,3-8H2,(H,13,16)(H,14,15). The van der Waals surface area contributed by atoms with Crippen molar-refractivity contribution in [3.8, 4) is 0 Å². The molecule has 3 saturated carbocycles. The first-order chi connectivity index (χ1) is 8.02. The zero-order valence-electron chi connectivity index (χ0n) is 9.70. The molecule has 2 bridgehead atoms. The number of carbonyl (C=O) groups excluding carboxylic acids is 1. The maximum absolute atomic E-state index is 11.4. The van der Waals surface area contributed by atoms with E-state index in [0.29, 0.717) is 19.3 Å². The van der Waals surface area contributed by atoms with E-state index in [1.165, 1.54) is 6.08 Å². The molecule has 0 radical (unpaired) electrons. The number of hydrogen-bond donors (Lipinski definition) is 2. The number of nitrogens with one attached hydrogen (secondary N) is 1. The Balaban J connectivity index is 1.93. The second-order valence-corrected chi connectivity index (χ2v) is 5.09. The number of carboxylic acids is 1. The zero-order valence-corrected chi connectivity index (χ0v) is 9.70. The van der Waals surface area contributed by atoms with Crippen LogP contribution in [-0.2, 0) is 9.53 Å². The molecular weight excluding hydrogens is 222 g/mol. The van der Waals surface area contributed by atoms with E-state index < -0.39 is 17.5 Å². The van der Waals surface area contributed by atoms with Crippen molar-refractivity contribution in [3.63, 3.8) is 0 Å². The lowest BCUT2D eigenvalue weighted by Gasteiger charge is -2.58. The second-order valence-electron chi connectivity index (χ2n) is 5.09. The van der Waals surface area contributed by atoms with Gasteiger partial charge in [0.1, 0.15) is 6.61 Å². The van der Waals surface area contributed by atoms with Gasteiger partial charge in [-0.1, -0.05) is 12.7 Å². The van der Waals surface area contributed by atoms with Crippen molar-refractivity contribution in [1.29, 1.82) is 0 Å². The van der Waals surface area contributed by atoms with Crippen LogP contribution in [0.4, 0.5) is 4.79 Å². The molecule has 0 aromatic heterocycles. The molecular formula is C12H17NO4. The molecule has 0 atom stereocenters. The number of aliphatic carboxylic acids is 1. The van der Waals surface area contributed by atoms with Crippen molar-refractivity contribution >= 4 is 12.1 Å². The van der Waals surface area contributed by atoms with Gasteiger partial charge in [-0.15, -0.1) is 0 Å². The minimum Gasteiger partial charge on any atom is -0.481 e. The van der Waals surface area contributed by atoms with Gasteiger partial charge < -0.3 is 15.2 Å². The number of amides is 1. The predicted molar refractivity (Wildman–Crippen MR) is 60.6 cm³/mol. The van der Waals surface area contributed by atoms with Gasteiger partial charge in [0.05, 0.1) is 5.41 Å². The Morgan fingerprint density at radius 3 is 2.71 bits per heavy atom. The first kappa shape index (κ1) is 12.0. The molecule has 0 aliphatic heterocycles. The number of fused-ring (bicyclic) bond motifs is 2. The Morgan fingerprint density at radius 2 is 2.12 bits per heavy atom. The lowest BCUT2D eigenvalue weighted by molar-refractivity contribution is -0.167. The molecule has 0 heterocycles. The minimum atomic E-state index is -0.742. The molecule has 3 aliphatic carbocycles. The van der Waals surface area contributed by atoms with Gasteiger partial charge in [0.25, 0.3) is 0 Å². The van der Waals surface area contributed by atoms with Crippen LogP contribution in [0.25, 0.3) is 0 Å². The highest BCUT2D eigenvalue weighted by Crippen LogP contribution is 2.58. The summed E-state index contributed by atoms with van der Waals surface area (Å²) in [5, 5.41) is 12.0. The summed E-state index contributed by atoms with van der Waals surface area (Å²) in [6, 6.07) is 0. The van der Waals surface area contributed by atoms with E-state index in [1.54, 1.807) is 0 Å². The van der Waals surface area contributed by atoms with Crippen LogP contribution in [0, 0.1) is 5.41 Å². The summed E-state index contributed by atoms with van der Waals surface area (Å²) < 4.78 is 4.86. The number of rotatable bonds is 4. The van der Waals surface area contributed by atoms with Crippen molar-refractivity contribution in [2.75, 3.05) is 6.61 Å². The first-order valence-electron chi connectivity index (χ1n) is 5.81. The molecule has 3 aliphatic rings. The lowest BCUT2D eigenvalue weighted by atomic mass is 9.50. The van der Waals surface area contributed by atoms with Gasteiger partial charge in [-0.25, -0.2) is 4.79 Å². The fourth-order valence-electron chi connectivity index (χ4n) is 3.16. The molecule has 5 nitrogen and oxygen atoms in total. The van der Waals surface area contributed by atoms with Gasteiger partial charge in [-0.3, -0.25) is 4.79 Å². The Morgan fingerprint density at radius 1 is 1.41 bits per heavy atom. The largest absolute Gasteiger partial charge is 0.481 e. The van der Waals surface area contributed by atoms with Gasteiger partial charge in [0.15, 0.2) is 0 Å². The maximum Gasteiger partial charge on any atom is 0.407 e. The van der Waals surface area contributed by atoms with E-state index in [9.17, 15) is 9.59 Å². The van der Waals surface area contributed by atoms with Crippen molar-refractivity contribution in [2.24, 2.45) is 5.41 Å². The van der Waals surface area contributed by atoms with E-state index in [-0.39, 0.29) is 12.1 Å². The van der Waals surface area contributed by atoms with Crippen LogP contribution in [0.15, 0.2) is 12.7 Å². The summed E-state index contributed by atoms with van der Waals surface area (Å²) in [5.74, 6) is -0.742. The van der Waals surface area contributed by atoms with Gasteiger partial charge in [-0.05, 0) is 32.1 Å². The van der Waals surface area contributed by atoms with Crippen LogP contribution in [0.5, 0.6) is 0 Å². The Bertz CT molecular complexity index is 358. The van der Waals surface area contributed by atoms with E-state index in [0.717, 1.165) is 12.8 Å². The molecule has 2 N–H and O–H groups in total. The summed E-state index contributed by atoms with van der Waals surface area (Å²) in [6.45, 7) is 3.63. The van der Waals surface area contributed by atoms with Crippen molar-refractivity contribution in [2.45, 2.75) is 37.6 Å². The van der Waals surface area contributed by atoms with Gasteiger partial charge >= 0.3 is 12.1 Å². The zero-order chi connectivity index (χ0) is 12.5. The summed E-state index contributed by atoms with van der Waals surface area (Å²) >= 11 is 0. The van der Waals surface area contributed by atoms with Crippen LogP contribution in [0.2, 0.25) is 0 Å². The predicted octanol–water partition coefficient (Wildman–Crippen LogP) is 1.69. The van der Waals surface area contributed by atoms with Crippen molar-refractivity contribution in [3.05, 3.63) is 12.7 Å². The third-order valence-corrected chi connectivity index (χ3v) is 3.82. The molecule has 0 spiro atoms.